The average molecular weight is 394 g/mol. The number of carbonyl (C=O) groups is 2. The third-order valence-corrected chi connectivity index (χ3v) is 4.92. The number of rotatable bonds is 5. The Morgan fingerprint density at radius 1 is 0.931 bits per heavy atom. The van der Waals surface area contributed by atoms with Gasteiger partial charge < -0.3 is 10.2 Å². The van der Waals surface area contributed by atoms with Crippen LogP contribution in [0.3, 0.4) is 0 Å². The van der Waals surface area contributed by atoms with Gasteiger partial charge in [-0.15, -0.1) is 5.10 Å². The van der Waals surface area contributed by atoms with Gasteiger partial charge in [0.1, 0.15) is 6.54 Å². The molecule has 0 bridgehead atoms. The van der Waals surface area contributed by atoms with Gasteiger partial charge >= 0.3 is 5.69 Å². The molecule has 0 atom stereocenters. The minimum atomic E-state index is -0.329. The quantitative estimate of drug-likeness (QED) is 0.671. The lowest BCUT2D eigenvalue weighted by atomic mass is 10.3. The zero-order valence-electron chi connectivity index (χ0n) is 15.9. The van der Waals surface area contributed by atoms with Crippen LogP contribution in [0.1, 0.15) is 0 Å². The van der Waals surface area contributed by atoms with Gasteiger partial charge in [0, 0.05) is 38.1 Å². The van der Waals surface area contributed by atoms with Crippen molar-refractivity contribution in [2.45, 2.75) is 6.54 Å². The third kappa shape index (κ3) is 4.35. The van der Waals surface area contributed by atoms with E-state index in [-0.39, 0.29) is 30.6 Å². The zero-order valence-corrected chi connectivity index (χ0v) is 15.9. The monoisotopic (exact) mass is 394 g/mol. The second kappa shape index (κ2) is 8.27. The highest BCUT2D eigenvalue weighted by Crippen LogP contribution is 2.07. The van der Waals surface area contributed by atoms with E-state index in [1.807, 2.05) is 35.2 Å². The second-order valence-electron chi connectivity index (χ2n) is 6.94. The first-order valence-electron chi connectivity index (χ1n) is 9.49. The van der Waals surface area contributed by atoms with E-state index in [1.165, 1.54) is 9.08 Å². The Balaban J connectivity index is 1.28. The number of nitrogens with one attached hydrogen (secondary N) is 1. The molecule has 4 rings (SSSR count). The van der Waals surface area contributed by atoms with Crippen molar-refractivity contribution >= 4 is 23.1 Å². The van der Waals surface area contributed by atoms with Crippen molar-refractivity contribution in [1.82, 2.24) is 24.0 Å². The number of amides is 2. The number of anilines is 1. The molecular formula is C20H22N6O3. The summed E-state index contributed by atoms with van der Waals surface area (Å²) in [5, 5.41) is 7.06. The molecule has 0 unspecified atom stereocenters. The first kappa shape index (κ1) is 18.9. The van der Waals surface area contributed by atoms with Gasteiger partial charge in [0.15, 0.2) is 5.65 Å². The highest BCUT2D eigenvalue weighted by molar-refractivity contribution is 5.92. The van der Waals surface area contributed by atoms with Crippen LogP contribution in [0.2, 0.25) is 0 Å². The number of hydrogen-bond donors (Lipinski definition) is 1. The summed E-state index contributed by atoms with van der Waals surface area (Å²) in [6.45, 7) is 2.43. The van der Waals surface area contributed by atoms with E-state index in [0.29, 0.717) is 31.8 Å². The Hall–Kier alpha value is -3.46. The van der Waals surface area contributed by atoms with Crippen LogP contribution in [0.15, 0.2) is 59.5 Å². The van der Waals surface area contributed by atoms with E-state index < -0.39 is 0 Å². The summed E-state index contributed by atoms with van der Waals surface area (Å²) in [7, 11) is 0. The molecule has 0 saturated carbocycles. The van der Waals surface area contributed by atoms with Gasteiger partial charge in [-0.1, -0.05) is 24.3 Å². The maximum atomic E-state index is 12.6. The van der Waals surface area contributed by atoms with Crippen molar-refractivity contribution in [2.75, 3.05) is 38.0 Å². The van der Waals surface area contributed by atoms with Crippen LogP contribution >= 0.6 is 0 Å². The summed E-state index contributed by atoms with van der Waals surface area (Å²) in [4.78, 5) is 40.8. The lowest BCUT2D eigenvalue weighted by Crippen LogP contribution is -2.51. The lowest BCUT2D eigenvalue weighted by Gasteiger charge is -2.34. The molecule has 150 valence electrons. The Labute approximate surface area is 167 Å². The van der Waals surface area contributed by atoms with Crippen LogP contribution in [0.5, 0.6) is 0 Å². The molecule has 1 saturated heterocycles. The van der Waals surface area contributed by atoms with Gasteiger partial charge in [0.05, 0.1) is 6.54 Å². The van der Waals surface area contributed by atoms with E-state index in [2.05, 4.69) is 10.4 Å². The molecule has 3 aromatic rings. The predicted octanol–water partition coefficient (Wildman–Crippen LogP) is 0.279. The summed E-state index contributed by atoms with van der Waals surface area (Å²) >= 11 is 0. The largest absolute Gasteiger partial charge is 0.350 e. The van der Waals surface area contributed by atoms with Crippen LogP contribution in [-0.2, 0) is 16.1 Å². The Bertz CT molecular complexity index is 1070. The van der Waals surface area contributed by atoms with Gasteiger partial charge in [-0.2, -0.15) is 0 Å². The molecule has 9 heteroatoms. The number of aromatic nitrogens is 3. The Kier molecular flexibility index (Phi) is 5.39. The number of para-hydroxylation sites is 1. The lowest BCUT2D eigenvalue weighted by molar-refractivity contribution is -0.134. The van der Waals surface area contributed by atoms with Crippen LogP contribution in [0.4, 0.5) is 5.69 Å². The van der Waals surface area contributed by atoms with E-state index in [1.54, 1.807) is 29.3 Å². The third-order valence-electron chi connectivity index (χ3n) is 4.92. The maximum Gasteiger partial charge on any atom is 0.350 e. The number of carbonyl (C=O) groups excluding carboxylic acids is 2. The zero-order chi connectivity index (χ0) is 20.2. The number of nitrogens with zero attached hydrogens (tertiary/aromatic N) is 5. The molecule has 9 nitrogen and oxygen atoms in total. The molecule has 1 aromatic carbocycles. The standard InChI is InChI=1S/C20H22N6O3/c27-18(21-16-6-2-1-3-7-16)14-23-10-12-24(13-11-23)19(28)15-26-20(29)25-9-5-4-8-17(25)22-26/h1-9H,10-15H2,(H,21,27). The number of benzene rings is 1. The summed E-state index contributed by atoms with van der Waals surface area (Å²) in [6, 6.07) is 14.6. The summed E-state index contributed by atoms with van der Waals surface area (Å²) in [6.07, 6.45) is 1.63. The molecule has 1 fully saturated rings. The van der Waals surface area contributed by atoms with Crippen molar-refractivity contribution in [3.05, 3.63) is 65.2 Å². The van der Waals surface area contributed by atoms with Crippen molar-refractivity contribution in [3.63, 3.8) is 0 Å². The Morgan fingerprint density at radius 3 is 2.38 bits per heavy atom. The molecule has 29 heavy (non-hydrogen) atoms. The van der Waals surface area contributed by atoms with Crippen molar-refractivity contribution in [3.8, 4) is 0 Å². The normalized spacial score (nSPS) is 14.8. The molecule has 0 aliphatic carbocycles. The minimum absolute atomic E-state index is 0.0766. The highest BCUT2D eigenvalue weighted by atomic mass is 16.2. The molecule has 3 heterocycles. The van der Waals surface area contributed by atoms with Crippen molar-refractivity contribution in [1.29, 1.82) is 0 Å². The minimum Gasteiger partial charge on any atom is -0.339 e. The number of hydrogen-bond acceptors (Lipinski definition) is 5. The molecule has 1 N–H and O–H groups in total. The van der Waals surface area contributed by atoms with Gasteiger partial charge in [0.25, 0.3) is 0 Å². The molecule has 2 aromatic heterocycles. The van der Waals surface area contributed by atoms with E-state index in [4.69, 9.17) is 0 Å². The SMILES string of the molecule is O=C(CN1CCN(C(=O)Cn2nc3ccccn3c2=O)CC1)Nc1ccccc1. The maximum absolute atomic E-state index is 12.6. The van der Waals surface area contributed by atoms with E-state index >= 15 is 0 Å². The van der Waals surface area contributed by atoms with E-state index in [0.717, 1.165) is 5.69 Å². The topological polar surface area (TPSA) is 92.0 Å². The highest BCUT2D eigenvalue weighted by Gasteiger charge is 2.23. The fraction of sp³-hybridized carbons (Fsp3) is 0.300. The molecule has 1 aliphatic heterocycles. The first-order valence-corrected chi connectivity index (χ1v) is 9.49. The first-order chi connectivity index (χ1) is 14.1. The molecule has 1 aliphatic rings. The van der Waals surface area contributed by atoms with Crippen LogP contribution < -0.4 is 11.0 Å². The predicted molar refractivity (Wildman–Crippen MR) is 108 cm³/mol. The smallest absolute Gasteiger partial charge is 0.339 e. The molecular weight excluding hydrogens is 372 g/mol. The van der Waals surface area contributed by atoms with Crippen LogP contribution in [-0.4, -0.2) is 68.5 Å². The fourth-order valence-corrected chi connectivity index (χ4v) is 3.38. The Morgan fingerprint density at radius 2 is 1.66 bits per heavy atom. The van der Waals surface area contributed by atoms with Crippen LogP contribution in [0.25, 0.3) is 5.65 Å². The van der Waals surface area contributed by atoms with Gasteiger partial charge in [-0.05, 0) is 24.3 Å². The van der Waals surface area contributed by atoms with E-state index in [9.17, 15) is 14.4 Å². The van der Waals surface area contributed by atoms with Gasteiger partial charge in [-0.3, -0.25) is 18.9 Å². The summed E-state index contributed by atoms with van der Waals surface area (Å²) in [5.41, 5.74) is 0.953. The summed E-state index contributed by atoms with van der Waals surface area (Å²) in [5.74, 6) is -0.226. The van der Waals surface area contributed by atoms with Gasteiger partial charge in [-0.25, -0.2) is 9.48 Å². The molecule has 0 spiro atoms. The number of fused-ring (bicyclic) bond motifs is 1. The average Bonchev–Trinajstić information content (AvgIpc) is 3.05. The molecule has 0 radical (unpaired) electrons. The number of piperazine rings is 1. The summed E-state index contributed by atoms with van der Waals surface area (Å²) < 4.78 is 2.61. The van der Waals surface area contributed by atoms with Crippen molar-refractivity contribution in [2.24, 2.45) is 0 Å². The van der Waals surface area contributed by atoms with Crippen molar-refractivity contribution < 1.29 is 9.59 Å². The van der Waals surface area contributed by atoms with Crippen LogP contribution in [0, 0.1) is 0 Å². The molecule has 2 amide bonds. The second-order valence-corrected chi connectivity index (χ2v) is 6.94. The fourth-order valence-electron chi connectivity index (χ4n) is 3.38. The van der Waals surface area contributed by atoms with Gasteiger partial charge in [0.2, 0.25) is 11.8 Å². The number of pyridine rings is 1.